The van der Waals surface area contributed by atoms with Gasteiger partial charge in [-0.05, 0) is 83.9 Å². The van der Waals surface area contributed by atoms with Crippen molar-refractivity contribution in [3.8, 4) is 34.3 Å². The Kier molecular flexibility index (Phi) is 8.50. The first-order chi connectivity index (χ1) is 20.0. The van der Waals surface area contributed by atoms with Gasteiger partial charge >= 0.3 is 0 Å². The fourth-order valence-corrected chi connectivity index (χ4v) is 5.43. The van der Waals surface area contributed by atoms with Crippen LogP contribution in [0.25, 0.3) is 11.3 Å². The van der Waals surface area contributed by atoms with Gasteiger partial charge in [0.25, 0.3) is 0 Å². The van der Waals surface area contributed by atoms with E-state index in [1.54, 1.807) is 57.7 Å². The maximum Gasteiger partial charge on any atom is 0.205 e. The maximum absolute atomic E-state index is 13.9. The molecule has 0 aliphatic carbocycles. The SMILES string of the molecule is COc1ccc(CN(Cc2ccc(O)cc2)c2nc(-c3ccc(OC)cc3)c(C(=O)c3ccc(OC)cc3)s2)cc1. The number of phenolic OH excluding ortho intramolecular Hbond substituents is 1. The van der Waals surface area contributed by atoms with Crippen molar-refractivity contribution >= 4 is 22.3 Å². The number of aromatic nitrogens is 1. The zero-order valence-corrected chi connectivity index (χ0v) is 23.9. The van der Waals surface area contributed by atoms with Gasteiger partial charge in [-0.25, -0.2) is 4.98 Å². The van der Waals surface area contributed by atoms with Crippen LogP contribution in [0.5, 0.6) is 23.0 Å². The van der Waals surface area contributed by atoms with Crippen molar-refractivity contribution in [1.29, 1.82) is 0 Å². The highest BCUT2D eigenvalue weighted by atomic mass is 32.1. The minimum atomic E-state index is -0.115. The monoisotopic (exact) mass is 566 g/mol. The Morgan fingerprint density at radius 2 is 1.17 bits per heavy atom. The lowest BCUT2D eigenvalue weighted by Gasteiger charge is -2.22. The summed E-state index contributed by atoms with van der Waals surface area (Å²) in [6.45, 7) is 1.08. The molecular formula is C33H30N2O5S. The van der Waals surface area contributed by atoms with Crippen molar-refractivity contribution in [2.75, 3.05) is 26.2 Å². The van der Waals surface area contributed by atoms with Gasteiger partial charge in [0.1, 0.15) is 27.9 Å². The minimum Gasteiger partial charge on any atom is -0.508 e. The molecule has 0 unspecified atom stereocenters. The van der Waals surface area contributed by atoms with Crippen LogP contribution < -0.4 is 19.1 Å². The zero-order chi connectivity index (χ0) is 28.8. The summed E-state index contributed by atoms with van der Waals surface area (Å²) in [4.78, 5) is 21.6. The molecule has 5 rings (SSSR count). The first-order valence-corrected chi connectivity index (χ1v) is 13.8. The number of carbonyl (C=O) groups is 1. The second kappa shape index (κ2) is 12.6. The Morgan fingerprint density at radius 1 is 0.707 bits per heavy atom. The molecule has 4 aromatic carbocycles. The molecular weight excluding hydrogens is 536 g/mol. The highest BCUT2D eigenvalue weighted by molar-refractivity contribution is 7.18. The molecule has 7 nitrogen and oxygen atoms in total. The molecule has 0 atom stereocenters. The number of hydrogen-bond donors (Lipinski definition) is 1. The van der Waals surface area contributed by atoms with Crippen LogP contribution in [-0.2, 0) is 13.1 Å². The number of ether oxygens (including phenoxy) is 3. The second-order valence-corrected chi connectivity index (χ2v) is 10.3. The standard InChI is InChI=1S/C33H30N2O5S/c1-38-27-14-6-23(7-15-27)21-35(20-22-4-12-26(36)13-5-22)33-34-30(24-8-16-28(39-2)17-9-24)32(41-33)31(37)25-10-18-29(40-3)19-11-25/h4-19,36H,20-21H2,1-3H3. The van der Waals surface area contributed by atoms with Gasteiger partial charge in [0, 0.05) is 24.2 Å². The largest absolute Gasteiger partial charge is 0.508 e. The average Bonchev–Trinajstić information content (AvgIpc) is 3.47. The normalized spacial score (nSPS) is 10.7. The molecule has 0 bridgehead atoms. The van der Waals surface area contributed by atoms with E-state index in [4.69, 9.17) is 19.2 Å². The smallest absolute Gasteiger partial charge is 0.205 e. The molecule has 208 valence electrons. The van der Waals surface area contributed by atoms with Gasteiger partial charge in [-0.1, -0.05) is 35.6 Å². The number of rotatable bonds is 11. The maximum atomic E-state index is 13.9. The summed E-state index contributed by atoms with van der Waals surface area (Å²) >= 11 is 1.36. The third kappa shape index (κ3) is 6.50. The number of anilines is 1. The van der Waals surface area contributed by atoms with Crippen LogP contribution in [0.1, 0.15) is 26.4 Å². The van der Waals surface area contributed by atoms with E-state index in [1.807, 2.05) is 60.7 Å². The second-order valence-electron chi connectivity index (χ2n) is 9.33. The van der Waals surface area contributed by atoms with Crippen molar-refractivity contribution in [2.45, 2.75) is 13.1 Å². The number of methoxy groups -OCH3 is 3. The Labute approximate surface area is 243 Å². The van der Waals surface area contributed by atoms with Crippen molar-refractivity contribution in [2.24, 2.45) is 0 Å². The number of aromatic hydroxyl groups is 1. The van der Waals surface area contributed by atoms with Crippen LogP contribution in [0, 0.1) is 0 Å². The Hall–Kier alpha value is -4.82. The van der Waals surface area contributed by atoms with E-state index in [1.165, 1.54) is 11.3 Å². The van der Waals surface area contributed by atoms with Crippen LogP contribution in [0.15, 0.2) is 97.1 Å². The van der Waals surface area contributed by atoms with E-state index >= 15 is 0 Å². The van der Waals surface area contributed by atoms with Gasteiger partial charge in [-0.3, -0.25) is 4.79 Å². The van der Waals surface area contributed by atoms with Gasteiger partial charge in [-0.15, -0.1) is 0 Å². The summed E-state index contributed by atoms with van der Waals surface area (Å²) in [5, 5.41) is 10.5. The topological polar surface area (TPSA) is 81.1 Å². The summed E-state index contributed by atoms with van der Waals surface area (Å²) in [5.74, 6) is 2.28. The molecule has 0 fully saturated rings. The van der Waals surface area contributed by atoms with Crippen LogP contribution in [0.4, 0.5) is 5.13 Å². The van der Waals surface area contributed by atoms with Crippen LogP contribution in [0.3, 0.4) is 0 Å². The number of hydrogen-bond acceptors (Lipinski definition) is 8. The fraction of sp³-hybridized carbons (Fsp3) is 0.152. The lowest BCUT2D eigenvalue weighted by molar-refractivity contribution is 0.104. The zero-order valence-electron chi connectivity index (χ0n) is 23.0. The molecule has 1 heterocycles. The third-order valence-corrected chi connectivity index (χ3v) is 7.77. The molecule has 0 radical (unpaired) electrons. The number of carbonyl (C=O) groups excluding carboxylic acids is 1. The van der Waals surface area contributed by atoms with E-state index in [2.05, 4.69) is 4.90 Å². The molecule has 0 amide bonds. The van der Waals surface area contributed by atoms with Crippen LogP contribution >= 0.6 is 11.3 Å². The van der Waals surface area contributed by atoms with Crippen molar-refractivity contribution < 1.29 is 24.1 Å². The number of nitrogens with zero attached hydrogens (tertiary/aromatic N) is 2. The van der Waals surface area contributed by atoms with E-state index in [0.717, 1.165) is 28.2 Å². The lowest BCUT2D eigenvalue weighted by atomic mass is 10.0. The number of phenols is 1. The molecule has 0 aliphatic rings. The van der Waals surface area contributed by atoms with Crippen LogP contribution in [0.2, 0.25) is 0 Å². The predicted molar refractivity (Wildman–Crippen MR) is 162 cm³/mol. The van der Waals surface area contributed by atoms with E-state index in [-0.39, 0.29) is 11.5 Å². The Morgan fingerprint density at radius 3 is 1.68 bits per heavy atom. The Bertz CT molecular complexity index is 1600. The molecule has 8 heteroatoms. The molecule has 1 N–H and O–H groups in total. The first kappa shape index (κ1) is 27.7. The van der Waals surface area contributed by atoms with Gasteiger partial charge in [0.2, 0.25) is 5.78 Å². The molecule has 0 spiro atoms. The quantitative estimate of drug-likeness (QED) is 0.173. The molecule has 0 saturated carbocycles. The van der Waals surface area contributed by atoms with Gasteiger partial charge in [-0.2, -0.15) is 0 Å². The summed E-state index contributed by atoms with van der Waals surface area (Å²) in [6, 6.07) is 29.7. The first-order valence-electron chi connectivity index (χ1n) is 13.0. The summed E-state index contributed by atoms with van der Waals surface area (Å²) in [5.41, 5.74) is 4.04. The van der Waals surface area contributed by atoms with E-state index < -0.39 is 0 Å². The lowest BCUT2D eigenvalue weighted by Crippen LogP contribution is -2.22. The molecule has 1 aromatic heterocycles. The fourth-order valence-electron chi connectivity index (χ4n) is 4.38. The van der Waals surface area contributed by atoms with Crippen molar-refractivity contribution in [3.05, 3.63) is 119 Å². The van der Waals surface area contributed by atoms with Crippen LogP contribution in [-0.4, -0.2) is 37.2 Å². The molecule has 0 aliphatic heterocycles. The third-order valence-electron chi connectivity index (χ3n) is 6.65. The van der Waals surface area contributed by atoms with Gasteiger partial charge < -0.3 is 24.2 Å². The molecule has 5 aromatic rings. The predicted octanol–water partition coefficient (Wildman–Crippen LogP) is 6.98. The highest BCUT2D eigenvalue weighted by Gasteiger charge is 2.24. The number of ketones is 1. The molecule has 0 saturated heterocycles. The summed E-state index contributed by atoms with van der Waals surface area (Å²) < 4.78 is 16.0. The van der Waals surface area contributed by atoms with Gasteiger partial charge in [0.05, 0.1) is 27.0 Å². The number of benzene rings is 4. The minimum absolute atomic E-state index is 0.115. The van der Waals surface area contributed by atoms with Crippen molar-refractivity contribution in [1.82, 2.24) is 4.98 Å². The van der Waals surface area contributed by atoms with Crippen molar-refractivity contribution in [3.63, 3.8) is 0 Å². The number of thiazole rings is 1. The van der Waals surface area contributed by atoms with E-state index in [9.17, 15) is 9.90 Å². The molecule has 41 heavy (non-hydrogen) atoms. The highest BCUT2D eigenvalue weighted by Crippen LogP contribution is 2.37. The average molecular weight is 567 g/mol. The Balaban J connectivity index is 1.58. The van der Waals surface area contributed by atoms with E-state index in [0.29, 0.717) is 40.1 Å². The summed E-state index contributed by atoms with van der Waals surface area (Å²) in [7, 11) is 4.86. The summed E-state index contributed by atoms with van der Waals surface area (Å²) in [6.07, 6.45) is 0. The van der Waals surface area contributed by atoms with Gasteiger partial charge in [0.15, 0.2) is 5.13 Å².